The third kappa shape index (κ3) is 1.27. The van der Waals surface area contributed by atoms with Crippen LogP contribution in [0.3, 0.4) is 0 Å². The summed E-state index contributed by atoms with van der Waals surface area (Å²) in [6.07, 6.45) is 0.444. The molecular formula is C7H12BNO3. The van der Waals surface area contributed by atoms with Crippen molar-refractivity contribution in [2.45, 2.75) is 30.8 Å². The lowest BCUT2D eigenvalue weighted by atomic mass is 9.76. The molecule has 0 unspecified atom stereocenters. The maximum atomic E-state index is 10.4. The second-order valence-corrected chi connectivity index (χ2v) is 3.56. The molecule has 0 aromatic carbocycles. The molecule has 0 amide bonds. The smallest absolute Gasteiger partial charge is 0.125 e. The Kier molecular flexibility index (Phi) is 2.53. The van der Waals surface area contributed by atoms with Gasteiger partial charge in [0.1, 0.15) is 6.04 Å². The van der Waals surface area contributed by atoms with Crippen molar-refractivity contribution in [2.75, 3.05) is 6.61 Å². The van der Waals surface area contributed by atoms with E-state index in [0.29, 0.717) is 6.42 Å². The molecule has 2 radical (unpaired) electrons. The third-order valence-corrected chi connectivity index (χ3v) is 2.70. The molecule has 0 aromatic heterocycles. The van der Waals surface area contributed by atoms with Crippen LogP contribution < -0.4 is 0 Å². The van der Waals surface area contributed by atoms with E-state index in [1.54, 1.807) is 0 Å². The first-order chi connectivity index (χ1) is 5.54. The van der Waals surface area contributed by atoms with Gasteiger partial charge in [-0.2, -0.15) is 4.91 Å². The van der Waals surface area contributed by atoms with Crippen molar-refractivity contribution in [3.63, 3.8) is 0 Å². The third-order valence-electron chi connectivity index (χ3n) is 2.70. The molecule has 0 aliphatic heterocycles. The van der Waals surface area contributed by atoms with Crippen molar-refractivity contribution in [3.8, 4) is 0 Å². The standard InChI is InChI=1S/C7H12BNO3/c1-7(11)5(8)2-4(3-10)6(7)9-12/h4-6,10-11H,2-3H2,1H3/t4-,5-,6-,7+/m1/s1. The van der Waals surface area contributed by atoms with E-state index in [2.05, 4.69) is 5.18 Å². The summed E-state index contributed by atoms with van der Waals surface area (Å²) in [5.74, 6) is -0.773. The molecule has 0 bridgehead atoms. The van der Waals surface area contributed by atoms with Gasteiger partial charge >= 0.3 is 0 Å². The molecule has 4 atom stereocenters. The molecule has 5 heteroatoms. The summed E-state index contributed by atoms with van der Waals surface area (Å²) in [5.41, 5.74) is -1.27. The monoisotopic (exact) mass is 169 g/mol. The molecule has 1 saturated carbocycles. The molecule has 1 aliphatic rings. The van der Waals surface area contributed by atoms with Crippen molar-refractivity contribution in [3.05, 3.63) is 4.91 Å². The van der Waals surface area contributed by atoms with E-state index in [-0.39, 0.29) is 12.5 Å². The van der Waals surface area contributed by atoms with Gasteiger partial charge in [0.05, 0.1) is 13.4 Å². The Morgan fingerprint density at radius 3 is 2.67 bits per heavy atom. The quantitative estimate of drug-likeness (QED) is 0.445. The van der Waals surface area contributed by atoms with Gasteiger partial charge in [-0.25, -0.2) is 0 Å². The molecule has 4 nitrogen and oxygen atoms in total. The number of hydrogen-bond donors (Lipinski definition) is 2. The minimum absolute atomic E-state index is 0.153. The van der Waals surface area contributed by atoms with Gasteiger partial charge in [-0.05, 0) is 19.2 Å². The molecule has 1 rings (SSSR count). The average molecular weight is 169 g/mol. The van der Waals surface area contributed by atoms with Crippen LogP contribution in [-0.4, -0.2) is 36.3 Å². The molecule has 66 valence electrons. The second-order valence-electron chi connectivity index (χ2n) is 3.56. The molecule has 0 spiro atoms. The summed E-state index contributed by atoms with van der Waals surface area (Å²) in [5, 5.41) is 21.3. The van der Waals surface area contributed by atoms with E-state index < -0.39 is 17.5 Å². The highest BCUT2D eigenvalue weighted by Gasteiger charge is 2.49. The Hall–Kier alpha value is -0.415. The fourth-order valence-corrected chi connectivity index (χ4v) is 1.76. The summed E-state index contributed by atoms with van der Waals surface area (Å²) in [4.78, 5) is 10.4. The predicted molar refractivity (Wildman–Crippen MR) is 44.9 cm³/mol. The van der Waals surface area contributed by atoms with Gasteiger partial charge in [0.15, 0.2) is 0 Å². The van der Waals surface area contributed by atoms with Crippen LogP contribution in [0.1, 0.15) is 13.3 Å². The molecule has 2 N–H and O–H groups in total. The van der Waals surface area contributed by atoms with Crippen molar-refractivity contribution >= 4 is 7.85 Å². The summed E-state index contributed by atoms with van der Waals surface area (Å²) in [7, 11) is 5.58. The minimum atomic E-state index is -1.27. The van der Waals surface area contributed by atoms with E-state index in [4.69, 9.17) is 13.0 Å². The van der Waals surface area contributed by atoms with E-state index >= 15 is 0 Å². The zero-order valence-corrected chi connectivity index (χ0v) is 6.97. The van der Waals surface area contributed by atoms with Crippen LogP contribution in [0.2, 0.25) is 5.82 Å². The fraction of sp³-hybridized carbons (Fsp3) is 1.00. The molecular weight excluding hydrogens is 157 g/mol. The Morgan fingerprint density at radius 1 is 1.75 bits per heavy atom. The Labute approximate surface area is 72.4 Å². The Morgan fingerprint density at radius 2 is 2.33 bits per heavy atom. The number of rotatable bonds is 2. The van der Waals surface area contributed by atoms with Crippen molar-refractivity contribution in [2.24, 2.45) is 11.1 Å². The van der Waals surface area contributed by atoms with Gasteiger partial charge in [0.2, 0.25) is 0 Å². The summed E-state index contributed by atoms with van der Waals surface area (Å²) in [6.45, 7) is 1.33. The normalized spacial score (nSPS) is 47.8. The highest BCUT2D eigenvalue weighted by atomic mass is 16.3. The van der Waals surface area contributed by atoms with Crippen LogP contribution in [0.4, 0.5) is 0 Å². The van der Waals surface area contributed by atoms with Gasteiger partial charge in [0.25, 0.3) is 0 Å². The molecule has 0 aromatic rings. The second kappa shape index (κ2) is 3.14. The molecule has 0 saturated heterocycles. The number of aliphatic hydroxyl groups excluding tert-OH is 1. The maximum Gasteiger partial charge on any atom is 0.125 e. The first kappa shape index (κ1) is 9.67. The Balaban J connectivity index is 2.83. The first-order valence-electron chi connectivity index (χ1n) is 3.95. The minimum Gasteiger partial charge on any atom is -0.396 e. The van der Waals surface area contributed by atoms with E-state index in [1.165, 1.54) is 6.92 Å². The van der Waals surface area contributed by atoms with Gasteiger partial charge in [-0.15, -0.1) is 0 Å². The topological polar surface area (TPSA) is 69.9 Å². The van der Waals surface area contributed by atoms with Gasteiger partial charge in [-0.3, -0.25) is 0 Å². The lowest BCUT2D eigenvalue weighted by Gasteiger charge is -2.26. The van der Waals surface area contributed by atoms with Crippen LogP contribution >= 0.6 is 0 Å². The van der Waals surface area contributed by atoms with Crippen LogP contribution in [0.15, 0.2) is 5.18 Å². The number of nitrogens with zero attached hydrogens (tertiary/aromatic N) is 1. The highest BCUT2D eigenvalue weighted by molar-refractivity contribution is 6.12. The van der Waals surface area contributed by atoms with Crippen LogP contribution in [0.5, 0.6) is 0 Å². The van der Waals surface area contributed by atoms with E-state index in [9.17, 15) is 10.0 Å². The Bertz CT molecular complexity index is 185. The number of nitroso groups, excluding NO2 is 1. The zero-order valence-electron chi connectivity index (χ0n) is 6.97. The first-order valence-corrected chi connectivity index (χ1v) is 3.95. The predicted octanol–water partition coefficient (Wildman–Crippen LogP) is -0.158. The van der Waals surface area contributed by atoms with Gasteiger partial charge < -0.3 is 10.2 Å². The van der Waals surface area contributed by atoms with Crippen molar-refractivity contribution in [1.82, 2.24) is 0 Å². The van der Waals surface area contributed by atoms with Crippen LogP contribution in [0.25, 0.3) is 0 Å². The van der Waals surface area contributed by atoms with Crippen molar-refractivity contribution < 1.29 is 10.2 Å². The lowest BCUT2D eigenvalue weighted by molar-refractivity contribution is 0.0409. The van der Waals surface area contributed by atoms with Gasteiger partial charge in [0, 0.05) is 12.5 Å². The zero-order chi connectivity index (χ0) is 9.35. The SMILES string of the molecule is [B][C@@H]1C[C@H](CO)[C@@H](N=O)[C@@]1(C)O. The molecule has 12 heavy (non-hydrogen) atoms. The summed E-state index contributed by atoms with van der Waals surface area (Å²) in [6, 6.07) is -0.780. The molecule has 0 heterocycles. The fourth-order valence-electron chi connectivity index (χ4n) is 1.76. The number of aliphatic hydroxyl groups is 2. The molecule has 1 fully saturated rings. The van der Waals surface area contributed by atoms with Crippen LogP contribution in [0, 0.1) is 10.8 Å². The van der Waals surface area contributed by atoms with Crippen LogP contribution in [-0.2, 0) is 0 Å². The maximum absolute atomic E-state index is 10.4. The summed E-state index contributed by atoms with van der Waals surface area (Å²) < 4.78 is 0. The average Bonchev–Trinajstić information content (AvgIpc) is 2.23. The highest BCUT2D eigenvalue weighted by Crippen LogP contribution is 2.43. The summed E-state index contributed by atoms with van der Waals surface area (Å²) >= 11 is 0. The lowest BCUT2D eigenvalue weighted by Crippen LogP contribution is -2.38. The van der Waals surface area contributed by atoms with Crippen molar-refractivity contribution in [1.29, 1.82) is 0 Å². The van der Waals surface area contributed by atoms with E-state index in [1.807, 2.05) is 0 Å². The number of hydrogen-bond acceptors (Lipinski definition) is 4. The molecule has 1 aliphatic carbocycles. The van der Waals surface area contributed by atoms with Gasteiger partial charge in [-0.1, -0.05) is 5.18 Å². The van der Waals surface area contributed by atoms with E-state index in [0.717, 1.165) is 0 Å². The largest absolute Gasteiger partial charge is 0.396 e.